The maximum absolute atomic E-state index is 11.9. The number of ether oxygens (including phenoxy) is 1. The maximum atomic E-state index is 11.9. The topological polar surface area (TPSA) is 53.3 Å². The van der Waals surface area contributed by atoms with Gasteiger partial charge in [-0.3, -0.25) is 9.69 Å². The van der Waals surface area contributed by atoms with Gasteiger partial charge in [-0.05, 0) is 38.8 Å². The first-order chi connectivity index (χ1) is 10.2. The SMILES string of the molecule is CCOC(=O)C1CCCN(C(C#N)c2ccc(C)cc2)C1. The number of carbonyl (C=O) groups excluding carboxylic acids is 1. The van der Waals surface area contributed by atoms with Crippen molar-refractivity contribution >= 4 is 5.97 Å². The highest BCUT2D eigenvalue weighted by Gasteiger charge is 2.31. The summed E-state index contributed by atoms with van der Waals surface area (Å²) in [6.07, 6.45) is 1.77. The first-order valence-corrected chi connectivity index (χ1v) is 7.52. The van der Waals surface area contributed by atoms with E-state index >= 15 is 0 Å². The van der Waals surface area contributed by atoms with Crippen molar-refractivity contribution in [3.05, 3.63) is 35.4 Å². The maximum Gasteiger partial charge on any atom is 0.310 e. The summed E-state index contributed by atoms with van der Waals surface area (Å²) in [5, 5.41) is 9.52. The van der Waals surface area contributed by atoms with Gasteiger partial charge in [0.15, 0.2) is 0 Å². The third-order valence-electron chi connectivity index (χ3n) is 3.95. The Balaban J connectivity index is 2.09. The standard InChI is InChI=1S/C17H22N2O2/c1-3-21-17(20)15-5-4-10-19(12-15)16(11-18)14-8-6-13(2)7-9-14/h6-9,15-16H,3-5,10,12H2,1-2H3. The molecule has 0 spiro atoms. The molecule has 1 aromatic carbocycles. The van der Waals surface area contributed by atoms with E-state index in [2.05, 4.69) is 11.0 Å². The molecule has 1 aliphatic rings. The van der Waals surface area contributed by atoms with Crippen molar-refractivity contribution in [1.29, 1.82) is 5.26 Å². The predicted octanol–water partition coefficient (Wildman–Crippen LogP) is 2.83. The number of hydrogen-bond donors (Lipinski definition) is 0. The van der Waals surface area contributed by atoms with Crippen LogP contribution in [0.25, 0.3) is 0 Å². The van der Waals surface area contributed by atoms with Gasteiger partial charge in [-0.25, -0.2) is 0 Å². The molecular weight excluding hydrogens is 264 g/mol. The molecule has 2 atom stereocenters. The molecule has 112 valence electrons. The molecule has 0 radical (unpaired) electrons. The van der Waals surface area contributed by atoms with Gasteiger partial charge in [0.2, 0.25) is 0 Å². The van der Waals surface area contributed by atoms with E-state index in [-0.39, 0.29) is 17.9 Å². The van der Waals surface area contributed by atoms with E-state index in [1.807, 2.05) is 38.1 Å². The van der Waals surface area contributed by atoms with Crippen molar-refractivity contribution < 1.29 is 9.53 Å². The molecule has 1 aliphatic heterocycles. The largest absolute Gasteiger partial charge is 0.466 e. The summed E-state index contributed by atoms with van der Waals surface area (Å²) in [5.41, 5.74) is 2.17. The summed E-state index contributed by atoms with van der Waals surface area (Å²) >= 11 is 0. The summed E-state index contributed by atoms with van der Waals surface area (Å²) in [6, 6.07) is 10.1. The van der Waals surface area contributed by atoms with Crippen LogP contribution in [0.3, 0.4) is 0 Å². The van der Waals surface area contributed by atoms with E-state index < -0.39 is 0 Å². The molecule has 1 fully saturated rings. The van der Waals surface area contributed by atoms with Crippen molar-refractivity contribution in [3.63, 3.8) is 0 Å². The lowest BCUT2D eigenvalue weighted by Gasteiger charge is -2.34. The second kappa shape index (κ2) is 7.24. The Bertz CT molecular complexity index is 519. The van der Waals surface area contributed by atoms with Gasteiger partial charge in [0.1, 0.15) is 6.04 Å². The number of piperidine rings is 1. The number of nitriles is 1. The predicted molar refractivity (Wildman–Crippen MR) is 80.5 cm³/mol. The van der Waals surface area contributed by atoms with E-state index in [4.69, 9.17) is 4.74 Å². The number of likely N-dealkylation sites (tertiary alicyclic amines) is 1. The van der Waals surface area contributed by atoms with Crippen LogP contribution in [-0.2, 0) is 9.53 Å². The van der Waals surface area contributed by atoms with Crippen LogP contribution < -0.4 is 0 Å². The van der Waals surface area contributed by atoms with Gasteiger partial charge < -0.3 is 4.74 Å². The molecule has 2 unspecified atom stereocenters. The van der Waals surface area contributed by atoms with Gasteiger partial charge in [-0.2, -0.15) is 5.26 Å². The molecule has 0 saturated carbocycles. The van der Waals surface area contributed by atoms with Crippen LogP contribution in [0.1, 0.15) is 36.9 Å². The van der Waals surface area contributed by atoms with Crippen molar-refractivity contribution in [2.45, 2.75) is 32.7 Å². The Labute approximate surface area is 126 Å². The Kier molecular flexibility index (Phi) is 5.35. The van der Waals surface area contributed by atoms with Crippen molar-refractivity contribution in [3.8, 4) is 6.07 Å². The zero-order valence-corrected chi connectivity index (χ0v) is 12.7. The summed E-state index contributed by atoms with van der Waals surface area (Å²) in [4.78, 5) is 14.0. The Morgan fingerprint density at radius 2 is 2.19 bits per heavy atom. The number of carbonyl (C=O) groups is 1. The molecule has 21 heavy (non-hydrogen) atoms. The lowest BCUT2D eigenvalue weighted by Crippen LogP contribution is -2.41. The third kappa shape index (κ3) is 3.83. The van der Waals surface area contributed by atoms with Crippen LogP contribution >= 0.6 is 0 Å². The Morgan fingerprint density at radius 3 is 2.81 bits per heavy atom. The molecule has 4 nitrogen and oxygen atoms in total. The Morgan fingerprint density at radius 1 is 1.48 bits per heavy atom. The average Bonchev–Trinajstić information content (AvgIpc) is 2.50. The number of hydrogen-bond acceptors (Lipinski definition) is 4. The van der Waals surface area contributed by atoms with Crippen molar-refractivity contribution in [2.75, 3.05) is 19.7 Å². The van der Waals surface area contributed by atoms with Crippen molar-refractivity contribution in [1.82, 2.24) is 4.90 Å². The van der Waals surface area contributed by atoms with Gasteiger partial charge >= 0.3 is 5.97 Å². The zero-order chi connectivity index (χ0) is 15.2. The van der Waals surface area contributed by atoms with Gasteiger partial charge in [0.05, 0.1) is 18.6 Å². The number of esters is 1. The van der Waals surface area contributed by atoms with E-state index in [0.717, 1.165) is 24.9 Å². The van der Waals surface area contributed by atoms with E-state index in [1.54, 1.807) is 0 Å². The molecule has 2 rings (SSSR count). The van der Waals surface area contributed by atoms with Crippen LogP contribution in [0, 0.1) is 24.2 Å². The van der Waals surface area contributed by atoms with Gasteiger partial charge in [0.25, 0.3) is 0 Å². The molecule has 0 bridgehead atoms. The highest BCUT2D eigenvalue weighted by molar-refractivity contribution is 5.72. The Hall–Kier alpha value is -1.86. The minimum atomic E-state index is -0.289. The molecule has 0 aliphatic carbocycles. The van der Waals surface area contributed by atoms with E-state index in [9.17, 15) is 10.1 Å². The van der Waals surface area contributed by atoms with E-state index in [1.165, 1.54) is 5.56 Å². The molecule has 0 N–H and O–H groups in total. The normalized spacial score (nSPS) is 20.5. The quantitative estimate of drug-likeness (QED) is 0.799. The highest BCUT2D eigenvalue weighted by Crippen LogP contribution is 2.27. The molecule has 0 aromatic heterocycles. The summed E-state index contributed by atoms with van der Waals surface area (Å²) in [5.74, 6) is -0.247. The second-order valence-corrected chi connectivity index (χ2v) is 5.53. The molecule has 0 amide bonds. The molecular formula is C17H22N2O2. The third-order valence-corrected chi connectivity index (χ3v) is 3.95. The zero-order valence-electron chi connectivity index (χ0n) is 12.7. The summed E-state index contributed by atoms with van der Waals surface area (Å²) in [6.45, 7) is 5.72. The first-order valence-electron chi connectivity index (χ1n) is 7.52. The van der Waals surface area contributed by atoms with Crippen LogP contribution in [0.2, 0.25) is 0 Å². The number of aryl methyl sites for hydroxylation is 1. The van der Waals surface area contributed by atoms with Gasteiger partial charge in [0, 0.05) is 6.54 Å². The minimum Gasteiger partial charge on any atom is -0.466 e. The fourth-order valence-corrected chi connectivity index (χ4v) is 2.81. The van der Waals surface area contributed by atoms with Crippen LogP contribution in [0.4, 0.5) is 0 Å². The molecule has 1 aromatic rings. The van der Waals surface area contributed by atoms with Crippen molar-refractivity contribution in [2.24, 2.45) is 5.92 Å². The smallest absolute Gasteiger partial charge is 0.310 e. The minimum absolute atomic E-state index is 0.111. The van der Waals surface area contributed by atoms with Gasteiger partial charge in [-0.1, -0.05) is 29.8 Å². The van der Waals surface area contributed by atoms with Gasteiger partial charge in [-0.15, -0.1) is 0 Å². The molecule has 1 saturated heterocycles. The fourth-order valence-electron chi connectivity index (χ4n) is 2.81. The lowest BCUT2D eigenvalue weighted by molar-refractivity contribution is -0.150. The van der Waals surface area contributed by atoms with Crippen LogP contribution in [-0.4, -0.2) is 30.6 Å². The fraction of sp³-hybridized carbons (Fsp3) is 0.529. The first kappa shape index (κ1) is 15.5. The highest BCUT2D eigenvalue weighted by atomic mass is 16.5. The van der Waals surface area contributed by atoms with Crippen LogP contribution in [0.5, 0.6) is 0 Å². The summed E-state index contributed by atoms with van der Waals surface area (Å²) in [7, 11) is 0. The van der Waals surface area contributed by atoms with E-state index in [0.29, 0.717) is 13.2 Å². The monoisotopic (exact) mass is 286 g/mol. The second-order valence-electron chi connectivity index (χ2n) is 5.53. The average molecular weight is 286 g/mol. The number of benzene rings is 1. The lowest BCUT2D eigenvalue weighted by atomic mass is 9.95. The number of nitrogens with zero attached hydrogens (tertiary/aromatic N) is 2. The van der Waals surface area contributed by atoms with Crippen LogP contribution in [0.15, 0.2) is 24.3 Å². The molecule has 4 heteroatoms. The number of rotatable bonds is 4. The molecule has 1 heterocycles. The summed E-state index contributed by atoms with van der Waals surface area (Å²) < 4.78 is 5.12.